The van der Waals surface area contributed by atoms with Crippen LogP contribution in [0.4, 0.5) is 0 Å². The van der Waals surface area contributed by atoms with Crippen molar-refractivity contribution in [1.29, 1.82) is 0 Å². The van der Waals surface area contributed by atoms with Gasteiger partial charge >= 0.3 is 0 Å². The van der Waals surface area contributed by atoms with E-state index in [0.29, 0.717) is 11.7 Å². The third kappa shape index (κ3) is 7.35. The van der Waals surface area contributed by atoms with Gasteiger partial charge in [-0.05, 0) is 18.9 Å². The van der Waals surface area contributed by atoms with Gasteiger partial charge in [0.25, 0.3) is 0 Å². The lowest BCUT2D eigenvalue weighted by Gasteiger charge is -2.24. The number of Topliss-reactive ketones (excluding diaryl/α,β-unsaturated/α-hetero) is 1. The van der Waals surface area contributed by atoms with Crippen LogP contribution in [0.5, 0.6) is 0 Å². The molecule has 0 aromatic carbocycles. The first kappa shape index (κ1) is 15.9. The summed E-state index contributed by atoms with van der Waals surface area (Å²) in [5, 5.41) is 0. The fourth-order valence-corrected chi connectivity index (χ4v) is 4.98. The summed E-state index contributed by atoms with van der Waals surface area (Å²) >= 11 is 0. The van der Waals surface area contributed by atoms with Crippen LogP contribution in [0.25, 0.3) is 0 Å². The van der Waals surface area contributed by atoms with E-state index in [1.54, 1.807) is 0 Å². The van der Waals surface area contributed by atoms with Gasteiger partial charge in [0.05, 0.1) is 0 Å². The van der Waals surface area contributed by atoms with Gasteiger partial charge < -0.3 is 0 Å². The van der Waals surface area contributed by atoms with Gasteiger partial charge in [-0.15, -0.1) is 0 Å². The van der Waals surface area contributed by atoms with Crippen molar-refractivity contribution in [2.75, 3.05) is 0 Å². The molecule has 106 valence electrons. The minimum Gasteiger partial charge on any atom is -0.299 e. The quantitative estimate of drug-likeness (QED) is 0.611. The second-order valence-electron chi connectivity index (χ2n) is 7.30. The van der Waals surface area contributed by atoms with Gasteiger partial charge in [0.1, 0.15) is 5.78 Å². The van der Waals surface area contributed by atoms with E-state index in [4.69, 9.17) is 0 Å². The fourth-order valence-electron chi connectivity index (χ4n) is 3.07. The molecule has 0 N–H and O–H groups in total. The average Bonchev–Trinajstić information content (AvgIpc) is 2.26. The van der Waals surface area contributed by atoms with Crippen molar-refractivity contribution in [3.8, 4) is 0 Å². The molecular formula is C16H32OSi. The fraction of sp³-hybridized carbons (Fsp3) is 0.938. The zero-order chi connectivity index (χ0) is 13.4. The van der Waals surface area contributed by atoms with E-state index in [1.165, 1.54) is 57.4 Å². The highest BCUT2D eigenvalue weighted by Gasteiger charge is 2.25. The Morgan fingerprint density at radius 3 is 1.94 bits per heavy atom. The average molecular weight is 269 g/mol. The third-order valence-electron chi connectivity index (χ3n) is 4.04. The molecule has 0 aromatic rings. The summed E-state index contributed by atoms with van der Waals surface area (Å²) in [4.78, 5) is 12.3. The van der Waals surface area contributed by atoms with Crippen LogP contribution in [-0.2, 0) is 4.79 Å². The largest absolute Gasteiger partial charge is 0.299 e. The van der Waals surface area contributed by atoms with Crippen LogP contribution in [-0.4, -0.2) is 13.9 Å². The van der Waals surface area contributed by atoms with E-state index in [1.807, 2.05) is 0 Å². The van der Waals surface area contributed by atoms with Gasteiger partial charge in [-0.1, -0.05) is 64.6 Å². The Morgan fingerprint density at radius 1 is 0.889 bits per heavy atom. The van der Waals surface area contributed by atoms with Crippen LogP contribution >= 0.6 is 0 Å². The maximum absolute atomic E-state index is 12.3. The molecular weight excluding hydrogens is 236 g/mol. The lowest BCUT2D eigenvalue weighted by atomic mass is 9.93. The van der Waals surface area contributed by atoms with Gasteiger partial charge in [0, 0.05) is 20.4 Å². The van der Waals surface area contributed by atoms with Crippen LogP contribution in [0.1, 0.15) is 64.2 Å². The summed E-state index contributed by atoms with van der Waals surface area (Å²) < 4.78 is 0. The molecule has 0 spiro atoms. The van der Waals surface area contributed by atoms with Crippen LogP contribution in [0.3, 0.4) is 0 Å². The van der Waals surface area contributed by atoms with Crippen LogP contribution in [0, 0.1) is 5.92 Å². The summed E-state index contributed by atoms with van der Waals surface area (Å²) in [6.45, 7) is 7.20. The smallest absolute Gasteiger partial charge is 0.135 e. The zero-order valence-electron chi connectivity index (χ0n) is 12.8. The van der Waals surface area contributed by atoms with Crippen molar-refractivity contribution >= 4 is 13.9 Å². The Labute approximate surface area is 115 Å². The number of ketones is 1. The standard InChI is InChI=1S/C16H32OSi/c1-18(2,3)14-15-12-10-8-6-4-5-7-9-11-13-16(15)17/h15H,4-14H2,1-3H3. The molecule has 1 aliphatic rings. The monoisotopic (exact) mass is 268 g/mol. The topological polar surface area (TPSA) is 17.1 Å². The van der Waals surface area contributed by atoms with Crippen molar-refractivity contribution in [3.63, 3.8) is 0 Å². The number of hydrogen-bond donors (Lipinski definition) is 0. The SMILES string of the molecule is C[Si](C)(C)CC1CCCCCCCCCCC1=O. The van der Waals surface area contributed by atoms with Gasteiger partial charge in [0.15, 0.2) is 0 Å². The maximum Gasteiger partial charge on any atom is 0.135 e. The van der Waals surface area contributed by atoms with Crippen molar-refractivity contribution < 1.29 is 4.79 Å². The minimum atomic E-state index is -1.10. The van der Waals surface area contributed by atoms with Crippen molar-refractivity contribution in [1.82, 2.24) is 0 Å². The molecule has 0 aromatic heterocycles. The van der Waals surface area contributed by atoms with Crippen molar-refractivity contribution in [3.05, 3.63) is 0 Å². The molecule has 0 heterocycles. The Kier molecular flexibility index (Phi) is 7.21. The number of carbonyl (C=O) groups excluding carboxylic acids is 1. The van der Waals surface area contributed by atoms with Gasteiger partial charge in [-0.3, -0.25) is 4.79 Å². The lowest BCUT2D eigenvalue weighted by molar-refractivity contribution is -0.122. The van der Waals surface area contributed by atoms with Gasteiger partial charge in [0.2, 0.25) is 0 Å². The van der Waals surface area contributed by atoms with E-state index in [9.17, 15) is 4.79 Å². The molecule has 1 nitrogen and oxygen atoms in total. The summed E-state index contributed by atoms with van der Waals surface area (Å²) in [5.41, 5.74) is 0. The molecule has 1 unspecified atom stereocenters. The molecule has 1 fully saturated rings. The van der Waals surface area contributed by atoms with Crippen LogP contribution in [0.2, 0.25) is 25.7 Å². The Morgan fingerprint density at radius 2 is 1.39 bits per heavy atom. The minimum absolute atomic E-state index is 0.399. The Hall–Kier alpha value is -0.113. The Balaban J connectivity index is 2.49. The van der Waals surface area contributed by atoms with Gasteiger partial charge in [-0.2, -0.15) is 0 Å². The van der Waals surface area contributed by atoms with Crippen LogP contribution in [0.15, 0.2) is 0 Å². The summed E-state index contributed by atoms with van der Waals surface area (Å²) in [7, 11) is -1.10. The number of hydrogen-bond acceptors (Lipinski definition) is 1. The second kappa shape index (κ2) is 8.14. The van der Waals surface area contributed by atoms with Gasteiger partial charge in [-0.25, -0.2) is 0 Å². The van der Waals surface area contributed by atoms with Crippen molar-refractivity contribution in [2.24, 2.45) is 5.92 Å². The summed E-state index contributed by atoms with van der Waals surface area (Å²) in [6.07, 6.45) is 12.6. The normalized spacial score (nSPS) is 25.3. The number of carbonyl (C=O) groups is 1. The molecule has 18 heavy (non-hydrogen) atoms. The van der Waals surface area contributed by atoms with Crippen molar-refractivity contribution in [2.45, 2.75) is 89.9 Å². The third-order valence-corrected chi connectivity index (χ3v) is 5.76. The predicted octanol–water partition coefficient (Wildman–Crippen LogP) is 5.42. The van der Waals surface area contributed by atoms with E-state index >= 15 is 0 Å². The molecule has 0 amide bonds. The maximum atomic E-state index is 12.3. The summed E-state index contributed by atoms with van der Waals surface area (Å²) in [6, 6.07) is 1.21. The van der Waals surface area contributed by atoms with E-state index in [2.05, 4.69) is 19.6 Å². The first-order chi connectivity index (χ1) is 8.49. The van der Waals surface area contributed by atoms with E-state index in [0.717, 1.165) is 12.8 Å². The molecule has 0 radical (unpaired) electrons. The highest BCUT2D eigenvalue weighted by molar-refractivity contribution is 6.76. The first-order valence-corrected chi connectivity index (χ1v) is 11.7. The zero-order valence-corrected chi connectivity index (χ0v) is 13.8. The van der Waals surface area contributed by atoms with E-state index < -0.39 is 8.07 Å². The highest BCUT2D eigenvalue weighted by atomic mass is 28.3. The second-order valence-corrected chi connectivity index (χ2v) is 12.8. The predicted molar refractivity (Wildman–Crippen MR) is 82.8 cm³/mol. The molecule has 0 saturated heterocycles. The Bertz CT molecular complexity index is 242. The molecule has 1 atom stereocenters. The highest BCUT2D eigenvalue weighted by Crippen LogP contribution is 2.26. The lowest BCUT2D eigenvalue weighted by Crippen LogP contribution is -2.28. The molecule has 0 bridgehead atoms. The molecule has 1 aliphatic carbocycles. The first-order valence-electron chi connectivity index (χ1n) is 8.02. The van der Waals surface area contributed by atoms with E-state index in [-0.39, 0.29) is 0 Å². The van der Waals surface area contributed by atoms with Crippen LogP contribution < -0.4 is 0 Å². The molecule has 0 aliphatic heterocycles. The molecule has 1 saturated carbocycles. The summed E-state index contributed by atoms with van der Waals surface area (Å²) in [5.74, 6) is 0.981. The molecule has 1 rings (SSSR count). The molecule has 2 heteroatoms. The number of rotatable bonds is 2.